The van der Waals surface area contributed by atoms with Gasteiger partial charge in [-0.15, -0.1) is 0 Å². The van der Waals surface area contributed by atoms with Crippen LogP contribution in [0.15, 0.2) is 24.3 Å². The van der Waals surface area contributed by atoms with E-state index in [1.165, 1.54) is 6.07 Å². The zero-order valence-electron chi connectivity index (χ0n) is 7.75. The first-order valence-electron chi connectivity index (χ1n) is 4.06. The van der Waals surface area contributed by atoms with Gasteiger partial charge in [0, 0.05) is 0 Å². The number of benzene rings is 1. The van der Waals surface area contributed by atoms with Gasteiger partial charge in [0.15, 0.2) is 0 Å². The highest BCUT2D eigenvalue weighted by Crippen LogP contribution is 2.14. The topological polar surface area (TPSA) is 55.4 Å². The van der Waals surface area contributed by atoms with Crippen molar-refractivity contribution in [2.24, 2.45) is 0 Å². The van der Waals surface area contributed by atoms with Gasteiger partial charge in [-0.25, -0.2) is 10.3 Å². The maximum Gasteiger partial charge on any atom is 0.276 e. The van der Waals surface area contributed by atoms with Gasteiger partial charge in [-0.2, -0.15) is 0 Å². The molecule has 0 saturated carbocycles. The van der Waals surface area contributed by atoms with E-state index in [-0.39, 0.29) is 10.6 Å². The molecule has 7 heteroatoms. The Bertz CT molecular complexity index is 411. The Hall–Kier alpha value is -0.810. The lowest BCUT2D eigenvalue weighted by molar-refractivity contribution is -0.120. The number of carbonyl (C=O) groups is 2. The van der Waals surface area contributed by atoms with E-state index in [2.05, 4.69) is 4.84 Å². The third kappa shape index (κ3) is 3.64. The number of carbonyl (C=O) groups excluding carboxylic acids is 2. The summed E-state index contributed by atoms with van der Waals surface area (Å²) in [7, 11) is 0. The summed E-state index contributed by atoms with van der Waals surface area (Å²) in [6.07, 6.45) is 0. The number of rotatable bonds is 4. The Balaban J connectivity index is 2.60. The molecule has 0 aliphatic rings. The van der Waals surface area contributed by atoms with Crippen LogP contribution in [0.1, 0.15) is 10.4 Å². The van der Waals surface area contributed by atoms with E-state index >= 15 is 0 Å². The summed E-state index contributed by atoms with van der Waals surface area (Å²) >= 11 is 16.1. The highest BCUT2D eigenvalue weighted by atomic mass is 35.5. The van der Waals surface area contributed by atoms with Crippen LogP contribution in [-0.4, -0.2) is 16.7 Å². The minimum absolute atomic E-state index is 0.204. The van der Waals surface area contributed by atoms with Crippen molar-refractivity contribution in [2.45, 2.75) is 5.56 Å². The molecule has 1 N–H and O–H groups in total. The van der Waals surface area contributed by atoms with E-state index < -0.39 is 16.7 Å². The van der Waals surface area contributed by atoms with E-state index in [0.717, 1.165) is 0 Å². The SMILES string of the molecule is O=C(NOC(Cl)C(=O)Cl)c1ccccc1Cl. The predicted molar refractivity (Wildman–Crippen MR) is 60.5 cm³/mol. The lowest BCUT2D eigenvalue weighted by Gasteiger charge is -2.08. The van der Waals surface area contributed by atoms with Crippen LogP contribution >= 0.6 is 34.8 Å². The van der Waals surface area contributed by atoms with Crippen LogP contribution in [0.25, 0.3) is 0 Å². The number of nitrogens with one attached hydrogen (secondary N) is 1. The van der Waals surface area contributed by atoms with E-state index in [0.29, 0.717) is 0 Å². The van der Waals surface area contributed by atoms with Crippen molar-refractivity contribution in [3.8, 4) is 0 Å². The van der Waals surface area contributed by atoms with E-state index in [9.17, 15) is 9.59 Å². The van der Waals surface area contributed by atoms with Crippen LogP contribution in [0.5, 0.6) is 0 Å². The zero-order chi connectivity index (χ0) is 12.1. The molecule has 0 bridgehead atoms. The molecular weight excluding hydrogens is 276 g/mol. The standard InChI is InChI=1S/C9H6Cl3NO3/c10-6-4-2-1-3-5(6)9(15)13-16-8(12)7(11)14/h1-4,8H,(H,13,15). The third-order valence-electron chi connectivity index (χ3n) is 1.55. The molecule has 0 radical (unpaired) electrons. The molecule has 1 unspecified atom stereocenters. The molecule has 0 aromatic heterocycles. The smallest absolute Gasteiger partial charge is 0.276 e. The average molecular weight is 283 g/mol. The van der Waals surface area contributed by atoms with Crippen molar-refractivity contribution < 1.29 is 14.4 Å². The molecule has 4 nitrogen and oxygen atoms in total. The van der Waals surface area contributed by atoms with Crippen LogP contribution in [-0.2, 0) is 9.63 Å². The van der Waals surface area contributed by atoms with Crippen molar-refractivity contribution in [3.63, 3.8) is 0 Å². The van der Waals surface area contributed by atoms with Crippen LogP contribution in [0.3, 0.4) is 0 Å². The molecule has 1 amide bonds. The predicted octanol–water partition coefficient (Wildman–Crippen LogP) is 2.33. The molecule has 0 fully saturated rings. The summed E-state index contributed by atoms with van der Waals surface area (Å²) in [4.78, 5) is 26.5. The van der Waals surface area contributed by atoms with Gasteiger partial charge in [-0.05, 0) is 23.7 Å². The first kappa shape index (κ1) is 13.3. The van der Waals surface area contributed by atoms with Gasteiger partial charge in [0.25, 0.3) is 11.1 Å². The fraction of sp³-hybridized carbons (Fsp3) is 0.111. The van der Waals surface area contributed by atoms with E-state index in [1.807, 2.05) is 5.48 Å². The highest BCUT2D eigenvalue weighted by Gasteiger charge is 2.16. The fourth-order valence-electron chi connectivity index (χ4n) is 0.852. The number of halogens is 3. The molecule has 0 spiro atoms. The Morgan fingerprint density at radius 1 is 1.31 bits per heavy atom. The molecule has 0 aliphatic carbocycles. The van der Waals surface area contributed by atoms with Crippen LogP contribution in [0.4, 0.5) is 0 Å². The van der Waals surface area contributed by atoms with Gasteiger partial charge in [-0.1, -0.05) is 35.3 Å². The maximum absolute atomic E-state index is 11.5. The Kier molecular flexibility index (Phi) is 5.02. The fourth-order valence-corrected chi connectivity index (χ4v) is 1.16. The van der Waals surface area contributed by atoms with Crippen LogP contribution < -0.4 is 5.48 Å². The lowest BCUT2D eigenvalue weighted by Crippen LogP contribution is -2.29. The summed E-state index contributed by atoms with van der Waals surface area (Å²) in [6, 6.07) is 6.34. The second kappa shape index (κ2) is 6.06. The number of hydrogen-bond acceptors (Lipinski definition) is 3. The Morgan fingerprint density at radius 2 is 1.94 bits per heavy atom. The maximum atomic E-state index is 11.5. The van der Waals surface area contributed by atoms with E-state index in [1.54, 1.807) is 18.2 Å². The quantitative estimate of drug-likeness (QED) is 0.524. The molecule has 1 aromatic carbocycles. The molecule has 86 valence electrons. The Labute approximate surface area is 106 Å². The molecule has 16 heavy (non-hydrogen) atoms. The van der Waals surface area contributed by atoms with Crippen molar-refractivity contribution in [1.29, 1.82) is 0 Å². The summed E-state index contributed by atoms with van der Waals surface area (Å²) in [6.45, 7) is 0. The monoisotopic (exact) mass is 281 g/mol. The van der Waals surface area contributed by atoms with Crippen LogP contribution in [0, 0.1) is 0 Å². The average Bonchev–Trinajstić information content (AvgIpc) is 2.25. The van der Waals surface area contributed by atoms with E-state index in [4.69, 9.17) is 34.8 Å². The molecule has 0 saturated heterocycles. The van der Waals surface area contributed by atoms with Crippen molar-refractivity contribution in [3.05, 3.63) is 34.9 Å². The number of hydrogen-bond donors (Lipinski definition) is 1. The number of alkyl halides is 1. The Morgan fingerprint density at radius 3 is 2.50 bits per heavy atom. The number of amides is 1. The van der Waals surface area contributed by atoms with Gasteiger partial charge < -0.3 is 0 Å². The molecule has 0 heterocycles. The van der Waals surface area contributed by atoms with Crippen LogP contribution in [0.2, 0.25) is 5.02 Å². The second-order valence-electron chi connectivity index (χ2n) is 2.65. The lowest BCUT2D eigenvalue weighted by atomic mass is 10.2. The molecule has 1 atom stereocenters. The summed E-state index contributed by atoms with van der Waals surface area (Å²) in [5.41, 5.74) is 0.727. The largest absolute Gasteiger partial charge is 0.277 e. The first-order chi connectivity index (χ1) is 7.52. The normalized spacial score (nSPS) is 11.9. The minimum atomic E-state index is -1.44. The molecule has 1 rings (SSSR count). The van der Waals surface area contributed by atoms with Crippen molar-refractivity contribution >= 4 is 46.0 Å². The summed E-state index contributed by atoms with van der Waals surface area (Å²) in [5, 5.41) is -0.673. The highest BCUT2D eigenvalue weighted by molar-refractivity contribution is 6.68. The van der Waals surface area contributed by atoms with Crippen molar-refractivity contribution in [1.82, 2.24) is 5.48 Å². The molecule has 1 aromatic rings. The molecular formula is C9H6Cl3NO3. The molecule has 0 aliphatic heterocycles. The second-order valence-corrected chi connectivity index (χ2v) is 3.83. The summed E-state index contributed by atoms with van der Waals surface area (Å²) in [5.74, 6) is -0.617. The van der Waals surface area contributed by atoms with Gasteiger partial charge >= 0.3 is 0 Å². The van der Waals surface area contributed by atoms with Gasteiger partial charge in [0.05, 0.1) is 10.6 Å². The van der Waals surface area contributed by atoms with Gasteiger partial charge in [0.2, 0.25) is 5.56 Å². The summed E-state index contributed by atoms with van der Waals surface area (Å²) < 4.78 is 0. The zero-order valence-corrected chi connectivity index (χ0v) is 10.0. The van der Waals surface area contributed by atoms with Crippen molar-refractivity contribution in [2.75, 3.05) is 0 Å². The third-order valence-corrected chi connectivity index (χ3v) is 2.48. The van der Waals surface area contributed by atoms with Gasteiger partial charge in [-0.3, -0.25) is 9.59 Å². The minimum Gasteiger partial charge on any atom is -0.277 e. The van der Waals surface area contributed by atoms with Gasteiger partial charge in [0.1, 0.15) is 0 Å². The number of hydroxylamine groups is 1. The first-order valence-corrected chi connectivity index (χ1v) is 5.25.